The Labute approximate surface area is 136 Å². The van der Waals surface area contributed by atoms with Crippen molar-refractivity contribution in [2.75, 3.05) is 0 Å². The van der Waals surface area contributed by atoms with E-state index < -0.39 is 5.56 Å². The van der Waals surface area contributed by atoms with Gasteiger partial charge in [0, 0.05) is 6.04 Å². The van der Waals surface area contributed by atoms with Crippen molar-refractivity contribution in [1.29, 1.82) is 0 Å². The third kappa shape index (κ3) is 3.86. The average Bonchev–Trinajstić information content (AvgIpc) is 2.46. The second kappa shape index (κ2) is 6.77. The van der Waals surface area contributed by atoms with Crippen LogP contribution in [0.2, 0.25) is 0 Å². The van der Waals surface area contributed by atoms with E-state index in [-0.39, 0.29) is 17.5 Å². The number of nitrogens with zero attached hydrogens (tertiary/aromatic N) is 1. The van der Waals surface area contributed by atoms with Crippen LogP contribution >= 0.6 is 0 Å². The van der Waals surface area contributed by atoms with E-state index in [1.807, 2.05) is 6.92 Å². The molecule has 0 fully saturated rings. The van der Waals surface area contributed by atoms with Crippen molar-refractivity contribution >= 4 is 5.91 Å². The maximum absolute atomic E-state index is 12.4. The Morgan fingerprint density at radius 3 is 2.61 bits per heavy atom. The minimum Gasteiger partial charge on any atom is -0.349 e. The molecule has 2 aromatic rings. The molecule has 0 aliphatic carbocycles. The Hall–Kier alpha value is -2.43. The molecule has 5 heteroatoms. The van der Waals surface area contributed by atoms with Gasteiger partial charge in [-0.2, -0.15) is 5.10 Å². The summed E-state index contributed by atoms with van der Waals surface area (Å²) >= 11 is 0. The Balaban J connectivity index is 2.14. The molecule has 0 aliphatic heterocycles. The molecule has 0 spiro atoms. The lowest BCUT2D eigenvalue weighted by Crippen LogP contribution is -2.38. The van der Waals surface area contributed by atoms with Gasteiger partial charge in [0.25, 0.3) is 11.5 Å². The van der Waals surface area contributed by atoms with Crippen LogP contribution in [0.4, 0.5) is 0 Å². The van der Waals surface area contributed by atoms with Crippen LogP contribution in [0.15, 0.2) is 23.0 Å². The van der Waals surface area contributed by atoms with E-state index in [2.05, 4.69) is 47.6 Å². The Morgan fingerprint density at radius 2 is 1.96 bits per heavy atom. The summed E-state index contributed by atoms with van der Waals surface area (Å²) in [5.41, 5.74) is 4.58. The third-order valence-corrected chi connectivity index (χ3v) is 4.10. The molecule has 0 radical (unpaired) electrons. The van der Waals surface area contributed by atoms with Crippen molar-refractivity contribution in [2.45, 2.75) is 47.1 Å². The average molecular weight is 313 g/mol. The standard InChI is InChI=1S/C18H23N3O2/c1-10-6-7-15(11(2)8-10)9-12(3)19-17(22)16-13(4)14(5)20-21-18(16)23/h6-8,12H,9H2,1-5H3,(H,19,22)(H,21,23)/t12-/m1/s1. The van der Waals surface area contributed by atoms with Crippen LogP contribution in [0.5, 0.6) is 0 Å². The second-order valence-corrected chi connectivity index (χ2v) is 6.15. The fourth-order valence-corrected chi connectivity index (χ4v) is 2.65. The molecule has 1 aromatic carbocycles. The number of hydrogen-bond donors (Lipinski definition) is 2. The van der Waals surface area contributed by atoms with Crippen molar-refractivity contribution in [2.24, 2.45) is 0 Å². The van der Waals surface area contributed by atoms with Crippen molar-refractivity contribution in [3.63, 3.8) is 0 Å². The highest BCUT2D eigenvalue weighted by Gasteiger charge is 2.18. The number of benzene rings is 1. The highest BCUT2D eigenvalue weighted by atomic mass is 16.2. The maximum atomic E-state index is 12.4. The van der Waals surface area contributed by atoms with Crippen LogP contribution in [0.25, 0.3) is 0 Å². The van der Waals surface area contributed by atoms with Crippen LogP contribution < -0.4 is 10.9 Å². The predicted octanol–water partition coefficient (Wildman–Crippen LogP) is 2.36. The summed E-state index contributed by atoms with van der Waals surface area (Å²) in [5.74, 6) is -0.355. The summed E-state index contributed by atoms with van der Waals surface area (Å²) in [5, 5.41) is 9.14. The van der Waals surface area contributed by atoms with Gasteiger partial charge >= 0.3 is 0 Å². The number of aromatic nitrogens is 2. The number of carbonyl (C=O) groups excluding carboxylic acids is 1. The van der Waals surface area contributed by atoms with Gasteiger partial charge in [0.15, 0.2) is 0 Å². The lowest BCUT2D eigenvalue weighted by Gasteiger charge is -2.16. The molecule has 1 amide bonds. The van der Waals surface area contributed by atoms with Crippen molar-refractivity contribution in [1.82, 2.24) is 15.5 Å². The molecule has 1 heterocycles. The van der Waals surface area contributed by atoms with Gasteiger partial charge in [-0.25, -0.2) is 5.10 Å². The van der Waals surface area contributed by atoms with Gasteiger partial charge in [-0.05, 0) is 57.7 Å². The first-order chi connectivity index (χ1) is 10.8. The van der Waals surface area contributed by atoms with Gasteiger partial charge < -0.3 is 5.32 Å². The molecule has 2 rings (SSSR count). The number of carbonyl (C=O) groups is 1. The fourth-order valence-electron chi connectivity index (χ4n) is 2.65. The highest BCUT2D eigenvalue weighted by Crippen LogP contribution is 2.13. The van der Waals surface area contributed by atoms with Crippen LogP contribution in [-0.2, 0) is 6.42 Å². The number of nitrogens with one attached hydrogen (secondary N) is 2. The zero-order valence-corrected chi connectivity index (χ0v) is 14.3. The molecule has 0 saturated heterocycles. The Morgan fingerprint density at radius 1 is 1.26 bits per heavy atom. The first kappa shape index (κ1) is 16.9. The molecule has 122 valence electrons. The van der Waals surface area contributed by atoms with E-state index in [1.54, 1.807) is 13.8 Å². The summed E-state index contributed by atoms with van der Waals surface area (Å²) in [6.07, 6.45) is 0.721. The smallest absolute Gasteiger partial charge is 0.277 e. The summed E-state index contributed by atoms with van der Waals surface area (Å²) in [4.78, 5) is 24.3. The summed E-state index contributed by atoms with van der Waals surface area (Å²) in [6.45, 7) is 9.57. The van der Waals surface area contributed by atoms with Gasteiger partial charge in [0.2, 0.25) is 0 Å². The summed E-state index contributed by atoms with van der Waals surface area (Å²) in [6, 6.07) is 6.21. The quantitative estimate of drug-likeness (QED) is 0.910. The van der Waals surface area contributed by atoms with E-state index >= 15 is 0 Å². The van der Waals surface area contributed by atoms with Crippen molar-refractivity contribution < 1.29 is 4.79 Å². The molecule has 5 nitrogen and oxygen atoms in total. The normalized spacial score (nSPS) is 12.0. The molecular formula is C18H23N3O2. The maximum Gasteiger partial charge on any atom is 0.277 e. The molecule has 1 aromatic heterocycles. The van der Waals surface area contributed by atoms with E-state index in [4.69, 9.17) is 0 Å². The molecule has 0 aliphatic rings. The molecular weight excluding hydrogens is 290 g/mol. The van der Waals surface area contributed by atoms with Crippen LogP contribution in [0.1, 0.15) is 45.2 Å². The summed E-state index contributed by atoms with van der Waals surface area (Å²) < 4.78 is 0. The molecule has 2 N–H and O–H groups in total. The zero-order valence-electron chi connectivity index (χ0n) is 14.3. The second-order valence-electron chi connectivity index (χ2n) is 6.15. The van der Waals surface area contributed by atoms with Crippen LogP contribution in [0, 0.1) is 27.7 Å². The van der Waals surface area contributed by atoms with E-state index in [1.165, 1.54) is 16.7 Å². The number of rotatable bonds is 4. The van der Waals surface area contributed by atoms with E-state index in [0.29, 0.717) is 11.3 Å². The Kier molecular flexibility index (Phi) is 4.98. The number of aromatic amines is 1. The van der Waals surface area contributed by atoms with Crippen molar-refractivity contribution in [3.8, 4) is 0 Å². The zero-order chi connectivity index (χ0) is 17.1. The Bertz CT molecular complexity index is 793. The monoisotopic (exact) mass is 313 g/mol. The highest BCUT2D eigenvalue weighted by molar-refractivity contribution is 5.95. The lowest BCUT2D eigenvalue weighted by molar-refractivity contribution is 0.0937. The minimum atomic E-state index is -0.454. The van der Waals surface area contributed by atoms with Gasteiger partial charge in [0.1, 0.15) is 5.56 Å². The number of amides is 1. The first-order valence-electron chi connectivity index (χ1n) is 7.72. The van der Waals surface area contributed by atoms with Crippen molar-refractivity contribution in [3.05, 3.63) is 62.1 Å². The van der Waals surface area contributed by atoms with Crippen LogP contribution in [-0.4, -0.2) is 22.1 Å². The first-order valence-corrected chi connectivity index (χ1v) is 7.72. The number of aryl methyl sites for hydroxylation is 3. The molecule has 0 bridgehead atoms. The minimum absolute atomic E-state index is 0.0730. The number of H-pyrrole nitrogens is 1. The van der Waals surface area contributed by atoms with E-state index in [9.17, 15) is 9.59 Å². The number of hydrogen-bond acceptors (Lipinski definition) is 3. The van der Waals surface area contributed by atoms with Crippen LogP contribution in [0.3, 0.4) is 0 Å². The molecule has 23 heavy (non-hydrogen) atoms. The topological polar surface area (TPSA) is 74.8 Å². The van der Waals surface area contributed by atoms with Gasteiger partial charge in [0.05, 0.1) is 5.69 Å². The predicted molar refractivity (Wildman–Crippen MR) is 90.9 cm³/mol. The van der Waals surface area contributed by atoms with Gasteiger partial charge in [-0.15, -0.1) is 0 Å². The summed E-state index contributed by atoms with van der Waals surface area (Å²) in [7, 11) is 0. The fraction of sp³-hybridized carbons (Fsp3) is 0.389. The van der Waals surface area contributed by atoms with Gasteiger partial charge in [-0.3, -0.25) is 9.59 Å². The largest absolute Gasteiger partial charge is 0.349 e. The van der Waals surface area contributed by atoms with Gasteiger partial charge in [-0.1, -0.05) is 23.8 Å². The SMILES string of the molecule is Cc1ccc(C[C@@H](C)NC(=O)c2c(C)c(C)n[nH]c2=O)c(C)c1. The lowest BCUT2D eigenvalue weighted by atomic mass is 9.99. The third-order valence-electron chi connectivity index (χ3n) is 4.10. The molecule has 1 atom stereocenters. The van der Waals surface area contributed by atoms with E-state index in [0.717, 1.165) is 6.42 Å². The molecule has 0 unspecified atom stereocenters. The molecule has 0 saturated carbocycles.